The van der Waals surface area contributed by atoms with Gasteiger partial charge in [-0.05, 0) is 27.4 Å². The minimum atomic E-state index is 0.574. The largest absolute Gasteiger partial charge is 0.303 e. The van der Waals surface area contributed by atoms with E-state index in [-0.39, 0.29) is 0 Å². The highest BCUT2D eigenvalue weighted by Crippen LogP contribution is 1.93. The van der Waals surface area contributed by atoms with Crippen molar-refractivity contribution in [2.75, 3.05) is 14.1 Å². The number of hydrogen-bond donors (Lipinski definition) is 0. The average molecular weight is 127 g/mol. The Morgan fingerprint density at radius 1 is 1.44 bits per heavy atom. The van der Waals surface area contributed by atoms with Gasteiger partial charge in [-0.2, -0.15) is 0 Å². The molecule has 0 saturated heterocycles. The molecule has 0 aliphatic heterocycles. The maximum absolute atomic E-state index is 2.22. The summed E-state index contributed by atoms with van der Waals surface area (Å²) in [5.74, 6) is 0. The second-order valence-corrected chi connectivity index (χ2v) is 2.54. The molecule has 0 fully saturated rings. The third-order valence-corrected chi connectivity index (χ3v) is 1.46. The van der Waals surface area contributed by atoms with Crippen molar-refractivity contribution in [1.29, 1.82) is 0 Å². The molecule has 54 valence electrons. The summed E-state index contributed by atoms with van der Waals surface area (Å²) in [5, 5.41) is 0. The van der Waals surface area contributed by atoms with Gasteiger partial charge in [0.25, 0.3) is 0 Å². The smallest absolute Gasteiger partial charge is 0.0243 e. The molecule has 0 amide bonds. The fraction of sp³-hybridized carbons (Fsp3) is 0.750. The lowest BCUT2D eigenvalue weighted by atomic mass is 10.2. The first kappa shape index (κ1) is 8.70. The van der Waals surface area contributed by atoms with Gasteiger partial charge in [0, 0.05) is 6.04 Å². The van der Waals surface area contributed by atoms with Crippen LogP contribution >= 0.6 is 0 Å². The predicted molar refractivity (Wildman–Crippen MR) is 42.6 cm³/mol. The van der Waals surface area contributed by atoms with Gasteiger partial charge in [-0.3, -0.25) is 0 Å². The molecule has 0 rings (SSSR count). The Bertz CT molecular complexity index is 84.6. The van der Waals surface area contributed by atoms with Gasteiger partial charge < -0.3 is 4.90 Å². The zero-order valence-corrected chi connectivity index (χ0v) is 6.89. The van der Waals surface area contributed by atoms with Crippen LogP contribution in [0.5, 0.6) is 0 Å². The standard InChI is InChI=1S/C8H17N/c1-5-6-7-8(2)9(3)4/h6-8H,5H2,1-4H3/b7-6+. The van der Waals surface area contributed by atoms with Crippen LogP contribution in [0.4, 0.5) is 0 Å². The molecule has 0 aromatic carbocycles. The van der Waals surface area contributed by atoms with Crippen molar-refractivity contribution < 1.29 is 0 Å². The highest BCUT2D eigenvalue weighted by molar-refractivity contribution is 4.89. The number of hydrogen-bond acceptors (Lipinski definition) is 1. The van der Waals surface area contributed by atoms with E-state index in [9.17, 15) is 0 Å². The minimum Gasteiger partial charge on any atom is -0.303 e. The number of nitrogens with zero attached hydrogens (tertiary/aromatic N) is 1. The van der Waals surface area contributed by atoms with E-state index < -0.39 is 0 Å². The molecule has 0 N–H and O–H groups in total. The Morgan fingerprint density at radius 2 is 2.00 bits per heavy atom. The van der Waals surface area contributed by atoms with E-state index in [0.29, 0.717) is 6.04 Å². The van der Waals surface area contributed by atoms with Gasteiger partial charge in [0.2, 0.25) is 0 Å². The van der Waals surface area contributed by atoms with Crippen molar-refractivity contribution in [3.8, 4) is 0 Å². The van der Waals surface area contributed by atoms with E-state index in [1.807, 2.05) is 0 Å². The Labute approximate surface area is 58.4 Å². The maximum atomic E-state index is 2.22. The van der Waals surface area contributed by atoms with Crippen LogP contribution in [0.15, 0.2) is 12.2 Å². The van der Waals surface area contributed by atoms with Crippen LogP contribution in [-0.2, 0) is 0 Å². The monoisotopic (exact) mass is 127 g/mol. The fourth-order valence-corrected chi connectivity index (χ4v) is 0.505. The zero-order chi connectivity index (χ0) is 7.28. The third-order valence-electron chi connectivity index (χ3n) is 1.46. The van der Waals surface area contributed by atoms with E-state index in [2.05, 4.69) is 45.0 Å². The van der Waals surface area contributed by atoms with Crippen LogP contribution in [0.25, 0.3) is 0 Å². The van der Waals surface area contributed by atoms with Gasteiger partial charge >= 0.3 is 0 Å². The van der Waals surface area contributed by atoms with E-state index in [1.165, 1.54) is 0 Å². The Balaban J connectivity index is 3.48. The molecule has 0 spiro atoms. The van der Waals surface area contributed by atoms with Crippen LogP contribution in [0, 0.1) is 0 Å². The summed E-state index contributed by atoms with van der Waals surface area (Å²) < 4.78 is 0. The Kier molecular flexibility index (Phi) is 4.41. The Hall–Kier alpha value is -0.300. The predicted octanol–water partition coefficient (Wildman–Crippen LogP) is 1.90. The maximum Gasteiger partial charge on any atom is 0.0243 e. The molecule has 0 aromatic heterocycles. The topological polar surface area (TPSA) is 3.24 Å². The normalized spacial score (nSPS) is 15.2. The molecule has 9 heavy (non-hydrogen) atoms. The summed E-state index contributed by atoms with van der Waals surface area (Å²) in [4.78, 5) is 2.19. The van der Waals surface area contributed by atoms with Crippen LogP contribution < -0.4 is 0 Å². The molecule has 0 radical (unpaired) electrons. The molecule has 1 atom stereocenters. The van der Waals surface area contributed by atoms with Gasteiger partial charge in [-0.25, -0.2) is 0 Å². The molecule has 0 heterocycles. The molecule has 0 bridgehead atoms. The molecule has 0 saturated carbocycles. The summed E-state index contributed by atoms with van der Waals surface area (Å²) in [6.45, 7) is 4.34. The molecule has 1 heteroatoms. The van der Waals surface area contributed by atoms with E-state index in [0.717, 1.165) is 6.42 Å². The fourth-order valence-electron chi connectivity index (χ4n) is 0.505. The van der Waals surface area contributed by atoms with Gasteiger partial charge in [0.05, 0.1) is 0 Å². The first-order chi connectivity index (χ1) is 4.18. The van der Waals surface area contributed by atoms with Crippen LogP contribution in [-0.4, -0.2) is 25.0 Å². The lowest BCUT2D eigenvalue weighted by Gasteiger charge is -2.14. The summed E-state index contributed by atoms with van der Waals surface area (Å²) in [6, 6.07) is 0.574. The first-order valence-electron chi connectivity index (χ1n) is 3.51. The van der Waals surface area contributed by atoms with Crippen LogP contribution in [0.3, 0.4) is 0 Å². The SMILES string of the molecule is CC/C=C/C(C)N(C)C. The van der Waals surface area contributed by atoms with Gasteiger partial charge in [-0.1, -0.05) is 19.1 Å². The molecule has 0 aliphatic carbocycles. The van der Waals surface area contributed by atoms with Crippen molar-refractivity contribution in [2.45, 2.75) is 26.3 Å². The number of allylic oxidation sites excluding steroid dienone is 1. The second kappa shape index (κ2) is 4.57. The van der Waals surface area contributed by atoms with Crippen LogP contribution in [0.2, 0.25) is 0 Å². The molecular weight excluding hydrogens is 110 g/mol. The van der Waals surface area contributed by atoms with E-state index >= 15 is 0 Å². The summed E-state index contributed by atoms with van der Waals surface area (Å²) in [5.41, 5.74) is 0. The molecule has 1 nitrogen and oxygen atoms in total. The third kappa shape index (κ3) is 4.22. The van der Waals surface area contributed by atoms with E-state index in [1.54, 1.807) is 0 Å². The van der Waals surface area contributed by atoms with Gasteiger partial charge in [-0.15, -0.1) is 0 Å². The number of rotatable bonds is 3. The quantitative estimate of drug-likeness (QED) is 0.523. The summed E-state index contributed by atoms with van der Waals surface area (Å²) in [7, 11) is 4.18. The summed E-state index contributed by atoms with van der Waals surface area (Å²) >= 11 is 0. The van der Waals surface area contributed by atoms with E-state index in [4.69, 9.17) is 0 Å². The van der Waals surface area contributed by atoms with Crippen molar-refractivity contribution in [3.05, 3.63) is 12.2 Å². The zero-order valence-electron chi connectivity index (χ0n) is 6.89. The van der Waals surface area contributed by atoms with Crippen molar-refractivity contribution in [1.82, 2.24) is 4.90 Å². The van der Waals surface area contributed by atoms with Crippen molar-refractivity contribution >= 4 is 0 Å². The van der Waals surface area contributed by atoms with Gasteiger partial charge in [0.15, 0.2) is 0 Å². The molecule has 0 aromatic rings. The average Bonchev–Trinajstić information content (AvgIpc) is 1.82. The highest BCUT2D eigenvalue weighted by Gasteiger charge is 1.95. The molecular formula is C8H17N. The van der Waals surface area contributed by atoms with Crippen molar-refractivity contribution in [3.63, 3.8) is 0 Å². The second-order valence-electron chi connectivity index (χ2n) is 2.54. The van der Waals surface area contributed by atoms with Crippen molar-refractivity contribution in [2.24, 2.45) is 0 Å². The lowest BCUT2D eigenvalue weighted by molar-refractivity contribution is 0.363. The molecule has 0 aliphatic rings. The first-order valence-corrected chi connectivity index (χ1v) is 3.51. The minimum absolute atomic E-state index is 0.574. The highest BCUT2D eigenvalue weighted by atomic mass is 15.1. The molecule has 1 unspecified atom stereocenters. The lowest BCUT2D eigenvalue weighted by Crippen LogP contribution is -2.21. The van der Waals surface area contributed by atoms with Gasteiger partial charge in [0.1, 0.15) is 0 Å². The summed E-state index contributed by atoms with van der Waals surface area (Å²) in [6.07, 6.45) is 5.56. The Morgan fingerprint density at radius 3 is 2.33 bits per heavy atom. The number of likely N-dealkylation sites (N-methyl/N-ethyl adjacent to an activating group) is 1. The van der Waals surface area contributed by atoms with Crippen LogP contribution in [0.1, 0.15) is 20.3 Å².